The van der Waals surface area contributed by atoms with Crippen LogP contribution in [0.1, 0.15) is 31.1 Å². The molecule has 0 fully saturated rings. The number of rotatable bonds is 2. The Labute approximate surface area is 165 Å². The van der Waals surface area contributed by atoms with Crippen LogP contribution in [-0.4, -0.2) is 17.7 Å². The molecule has 0 bridgehead atoms. The van der Waals surface area contributed by atoms with E-state index in [0.29, 0.717) is 0 Å². The quantitative estimate of drug-likeness (QED) is 0.682. The van der Waals surface area contributed by atoms with Gasteiger partial charge in [-0.25, -0.2) is 4.79 Å². The second-order valence-electron chi connectivity index (χ2n) is 4.46. The maximum atomic E-state index is 11.5. The van der Waals surface area contributed by atoms with E-state index >= 15 is 0 Å². The van der Waals surface area contributed by atoms with Crippen molar-refractivity contribution in [3.63, 3.8) is 0 Å². The number of amides is 1. The van der Waals surface area contributed by atoms with Gasteiger partial charge >= 0.3 is 75.0 Å². The molecule has 0 heterocycles. The number of hydrogen-bond donors (Lipinski definition) is 1. The van der Waals surface area contributed by atoms with Crippen molar-refractivity contribution in [2.75, 3.05) is 5.32 Å². The van der Waals surface area contributed by atoms with Crippen LogP contribution in [0.3, 0.4) is 0 Å². The van der Waals surface area contributed by atoms with Gasteiger partial charge in [0.2, 0.25) is 0 Å². The number of para-hydroxylation sites is 1. The van der Waals surface area contributed by atoms with Gasteiger partial charge in [-0.05, 0) is 26.8 Å². The van der Waals surface area contributed by atoms with Crippen LogP contribution in [0.4, 0.5) is 10.5 Å². The molecule has 0 aliphatic rings. The van der Waals surface area contributed by atoms with E-state index in [0.717, 1.165) is 0 Å². The molecule has 1 aromatic rings. The topological polar surface area (TPSA) is 78.5 Å². The summed E-state index contributed by atoms with van der Waals surface area (Å²) in [5.41, 5.74) is -0.569. The third-order valence-corrected chi connectivity index (χ3v) is 1.78. The average Bonchev–Trinajstić information content (AvgIpc) is 2.14. The first-order valence-electron chi connectivity index (χ1n) is 5.10. The van der Waals surface area contributed by atoms with Crippen LogP contribution in [0.2, 0.25) is 0 Å². The summed E-state index contributed by atoms with van der Waals surface area (Å²) in [6, 6.07) is 5.97. The first-order chi connectivity index (χ1) is 7.79. The number of carbonyl (C=O) groups excluding carboxylic acids is 2. The van der Waals surface area contributed by atoms with Gasteiger partial charge in [-0.3, -0.25) is 5.32 Å². The molecule has 18 heavy (non-hydrogen) atoms. The van der Waals surface area contributed by atoms with Crippen molar-refractivity contribution < 1.29 is 88.3 Å². The van der Waals surface area contributed by atoms with Gasteiger partial charge in [0.25, 0.3) is 0 Å². The Hall–Kier alpha value is 0.0119. The molecule has 6 heteroatoms. The monoisotopic (exact) mass is 369 g/mol. The molecule has 0 unspecified atom stereocenters. The maximum Gasteiger partial charge on any atom is 1.00 e. The van der Waals surface area contributed by atoms with E-state index in [9.17, 15) is 14.7 Å². The molecule has 0 radical (unpaired) electrons. The van der Waals surface area contributed by atoms with Gasteiger partial charge in [-0.2, -0.15) is 0 Å². The molecule has 0 saturated carbocycles. The second-order valence-corrected chi connectivity index (χ2v) is 4.46. The van der Waals surface area contributed by atoms with Crippen LogP contribution >= 0.6 is 0 Å². The average molecular weight is 369 g/mol. The summed E-state index contributed by atoms with van der Waals surface area (Å²) in [6.07, 6.45) is -0.703. The number of carbonyl (C=O) groups is 2. The van der Waals surface area contributed by atoms with E-state index in [2.05, 4.69) is 5.32 Å². The molecule has 1 N–H and O–H groups in total. The first-order valence-corrected chi connectivity index (χ1v) is 5.10. The van der Waals surface area contributed by atoms with Crippen molar-refractivity contribution in [2.24, 2.45) is 0 Å². The van der Waals surface area contributed by atoms with E-state index in [-0.39, 0.29) is 80.1 Å². The Kier molecular flexibility index (Phi) is 7.57. The molecule has 0 aliphatic carbocycles. The Morgan fingerprint density at radius 1 is 1.22 bits per heavy atom. The summed E-state index contributed by atoms with van der Waals surface area (Å²) in [7, 11) is 0. The zero-order chi connectivity index (χ0) is 13.1. The molecule has 0 aliphatic heterocycles. The van der Waals surface area contributed by atoms with E-state index < -0.39 is 17.7 Å². The normalized spacial score (nSPS) is 10.2. The van der Waals surface area contributed by atoms with Gasteiger partial charge in [0.05, 0.1) is 11.7 Å². The summed E-state index contributed by atoms with van der Waals surface area (Å²) < 4.78 is 5.01. The fourth-order valence-corrected chi connectivity index (χ4v) is 1.18. The first kappa shape index (κ1) is 18.0. The zero-order valence-corrected chi connectivity index (χ0v) is 17.2. The standard InChI is InChI=1S/C12H15NO4.Cs/c1-12(2,3)17-11(16)13-9-7-5-4-6-8(9)10(14)15;/h4-7H,1-3H3,(H,13,16)(H,14,15);/q;+1/p-1. The van der Waals surface area contributed by atoms with E-state index in [1.807, 2.05) is 0 Å². The van der Waals surface area contributed by atoms with Crippen molar-refractivity contribution in [1.29, 1.82) is 0 Å². The Morgan fingerprint density at radius 3 is 2.28 bits per heavy atom. The van der Waals surface area contributed by atoms with Gasteiger partial charge in [0, 0.05) is 5.56 Å². The van der Waals surface area contributed by atoms with Crippen LogP contribution in [0.15, 0.2) is 24.3 Å². The van der Waals surface area contributed by atoms with E-state index in [1.54, 1.807) is 32.9 Å². The molecular weight excluding hydrogens is 355 g/mol. The second kappa shape index (κ2) is 7.56. The minimum absolute atomic E-state index is 0. The molecule has 1 aromatic carbocycles. The van der Waals surface area contributed by atoms with Gasteiger partial charge in [0.15, 0.2) is 0 Å². The van der Waals surface area contributed by atoms with Crippen LogP contribution in [-0.2, 0) is 4.74 Å². The predicted octanol–water partition coefficient (Wildman–Crippen LogP) is -1.60. The molecule has 1 amide bonds. The van der Waals surface area contributed by atoms with Crippen LogP contribution in [0.25, 0.3) is 0 Å². The minimum atomic E-state index is -1.35. The zero-order valence-electron chi connectivity index (χ0n) is 10.9. The molecule has 1 rings (SSSR count). The predicted molar refractivity (Wildman–Crippen MR) is 60.6 cm³/mol. The van der Waals surface area contributed by atoms with Crippen molar-refractivity contribution in [3.8, 4) is 0 Å². The fourth-order valence-electron chi connectivity index (χ4n) is 1.18. The Balaban J connectivity index is 0.00000289. The number of aromatic carboxylic acids is 1. The van der Waals surface area contributed by atoms with Crippen molar-refractivity contribution in [2.45, 2.75) is 26.4 Å². The largest absolute Gasteiger partial charge is 1.00 e. The van der Waals surface area contributed by atoms with Crippen LogP contribution < -0.4 is 79.3 Å². The number of anilines is 1. The van der Waals surface area contributed by atoms with Gasteiger partial charge < -0.3 is 14.6 Å². The third kappa shape index (κ3) is 6.26. The molecule has 92 valence electrons. The van der Waals surface area contributed by atoms with Gasteiger partial charge in [-0.15, -0.1) is 0 Å². The molecule has 0 aromatic heterocycles. The van der Waals surface area contributed by atoms with Crippen molar-refractivity contribution in [3.05, 3.63) is 29.8 Å². The molecule has 0 spiro atoms. The van der Waals surface area contributed by atoms with Crippen LogP contribution in [0.5, 0.6) is 0 Å². The number of benzene rings is 1. The summed E-state index contributed by atoms with van der Waals surface area (Å²) >= 11 is 0. The number of ether oxygens (including phenoxy) is 1. The summed E-state index contributed by atoms with van der Waals surface area (Å²) in [4.78, 5) is 22.2. The SMILES string of the molecule is CC(C)(C)OC(=O)Nc1ccccc1C(=O)[O-].[Cs+]. The number of carboxylic acid groups (broad SMARTS) is 1. The van der Waals surface area contributed by atoms with Gasteiger partial charge in [0.1, 0.15) is 5.60 Å². The third-order valence-electron chi connectivity index (χ3n) is 1.78. The fraction of sp³-hybridized carbons (Fsp3) is 0.333. The summed E-state index contributed by atoms with van der Waals surface area (Å²) in [6.45, 7) is 5.16. The Bertz CT molecular complexity index is 440. The minimum Gasteiger partial charge on any atom is -0.545 e. The molecule has 5 nitrogen and oxygen atoms in total. The van der Waals surface area contributed by atoms with Crippen molar-refractivity contribution >= 4 is 17.7 Å². The van der Waals surface area contributed by atoms with E-state index in [4.69, 9.17) is 4.74 Å². The Morgan fingerprint density at radius 2 is 1.78 bits per heavy atom. The molecule has 0 atom stereocenters. The molecular formula is C12H14CsNO4. The van der Waals surface area contributed by atoms with E-state index in [1.165, 1.54) is 12.1 Å². The molecule has 0 saturated heterocycles. The summed E-state index contributed by atoms with van der Waals surface area (Å²) in [5, 5.41) is 13.2. The number of nitrogens with one attached hydrogen (secondary N) is 1. The van der Waals surface area contributed by atoms with Crippen LogP contribution in [0, 0.1) is 0 Å². The van der Waals surface area contributed by atoms with Crippen molar-refractivity contribution in [1.82, 2.24) is 0 Å². The number of hydrogen-bond acceptors (Lipinski definition) is 4. The number of carboxylic acids is 1. The van der Waals surface area contributed by atoms with Gasteiger partial charge in [-0.1, -0.05) is 18.2 Å². The smallest absolute Gasteiger partial charge is 0.545 e. The maximum absolute atomic E-state index is 11.5. The summed E-state index contributed by atoms with van der Waals surface area (Å²) in [5.74, 6) is -1.35.